The quantitative estimate of drug-likeness (QED) is 0.755. The number of morpholine rings is 1. The number of benzene rings is 1. The summed E-state index contributed by atoms with van der Waals surface area (Å²) in [6.07, 6.45) is 0.489. The highest BCUT2D eigenvalue weighted by atomic mass is 35.5. The molecule has 2 aliphatic heterocycles. The summed E-state index contributed by atoms with van der Waals surface area (Å²) in [6, 6.07) is 4.29. The highest BCUT2D eigenvalue weighted by Crippen LogP contribution is 2.26. The van der Waals surface area contributed by atoms with E-state index < -0.39 is 17.8 Å². The van der Waals surface area contributed by atoms with Crippen LogP contribution in [0.25, 0.3) is 0 Å². The number of aromatic nitrogens is 2. The van der Waals surface area contributed by atoms with E-state index in [2.05, 4.69) is 15.6 Å². The summed E-state index contributed by atoms with van der Waals surface area (Å²) in [6.45, 7) is 4.17. The lowest BCUT2D eigenvalue weighted by Crippen LogP contribution is -2.42. The average molecular weight is 450 g/mol. The molecule has 31 heavy (non-hydrogen) atoms. The Bertz CT molecular complexity index is 1010. The van der Waals surface area contributed by atoms with E-state index in [1.165, 1.54) is 23.0 Å². The maximum atomic E-state index is 14.2. The number of anilines is 1. The van der Waals surface area contributed by atoms with Crippen LogP contribution in [0.1, 0.15) is 29.4 Å². The van der Waals surface area contributed by atoms with E-state index >= 15 is 0 Å². The lowest BCUT2D eigenvalue weighted by Gasteiger charge is -2.27. The average Bonchev–Trinajstić information content (AvgIpc) is 3.41. The van der Waals surface area contributed by atoms with Crippen LogP contribution in [0.4, 0.5) is 10.1 Å². The first-order valence-electron chi connectivity index (χ1n) is 9.90. The fourth-order valence-electron chi connectivity index (χ4n) is 3.51. The number of aryl methyl sites for hydroxylation is 1. The van der Waals surface area contributed by atoms with Gasteiger partial charge in [0.2, 0.25) is 6.10 Å². The normalized spacial score (nSPS) is 18.5. The van der Waals surface area contributed by atoms with E-state index in [4.69, 9.17) is 21.2 Å². The van der Waals surface area contributed by atoms with Crippen LogP contribution in [0.5, 0.6) is 0 Å². The molecular weight excluding hydrogens is 429 g/mol. The summed E-state index contributed by atoms with van der Waals surface area (Å²) in [4.78, 5) is 32.7. The van der Waals surface area contributed by atoms with E-state index in [1.54, 1.807) is 11.0 Å². The largest absolute Gasteiger partial charge is 0.382 e. The molecule has 0 saturated carbocycles. The van der Waals surface area contributed by atoms with Gasteiger partial charge in [0.05, 0.1) is 41.4 Å². The Hall–Kier alpha value is -2.98. The van der Waals surface area contributed by atoms with Crippen molar-refractivity contribution in [2.75, 3.05) is 31.6 Å². The molecule has 2 aliphatic rings. The Kier molecular flexibility index (Phi) is 6.19. The molecule has 4 rings (SSSR count). The topological polar surface area (TPSA) is 98.1 Å². The molecule has 1 atom stereocenters. The molecule has 9 nitrogen and oxygen atoms in total. The summed E-state index contributed by atoms with van der Waals surface area (Å²) in [5.41, 5.74) is 0.928. The molecule has 0 radical (unpaired) electrons. The molecule has 3 heterocycles. The monoisotopic (exact) mass is 449 g/mol. The fraction of sp³-hybridized carbons (Fsp3) is 0.400. The van der Waals surface area contributed by atoms with Crippen molar-refractivity contribution >= 4 is 34.8 Å². The number of nitrogens with one attached hydrogen (secondary N) is 1. The van der Waals surface area contributed by atoms with Gasteiger partial charge >= 0.3 is 0 Å². The van der Waals surface area contributed by atoms with Crippen molar-refractivity contribution in [2.45, 2.75) is 26.0 Å². The Balaban J connectivity index is 1.48. The van der Waals surface area contributed by atoms with Gasteiger partial charge in [0.1, 0.15) is 11.5 Å². The Morgan fingerprint density at radius 2 is 2.10 bits per heavy atom. The van der Waals surface area contributed by atoms with Crippen molar-refractivity contribution in [3.63, 3.8) is 0 Å². The van der Waals surface area contributed by atoms with Gasteiger partial charge in [-0.3, -0.25) is 14.3 Å². The highest BCUT2D eigenvalue weighted by Gasteiger charge is 2.33. The van der Waals surface area contributed by atoms with Crippen LogP contribution in [0.15, 0.2) is 29.6 Å². The molecule has 0 aliphatic carbocycles. The smallest absolute Gasteiger partial charge is 0.274 e. The minimum atomic E-state index is -0.984. The van der Waals surface area contributed by atoms with Gasteiger partial charge < -0.3 is 19.8 Å². The zero-order valence-corrected chi connectivity index (χ0v) is 17.6. The molecule has 2 amide bonds. The number of carbonyl (C=O) groups excluding carboxylic acids is 2. The molecule has 11 heteroatoms. The van der Waals surface area contributed by atoms with Crippen LogP contribution < -0.4 is 5.32 Å². The first-order chi connectivity index (χ1) is 15.0. The molecule has 1 aromatic heterocycles. The number of amides is 2. The third kappa shape index (κ3) is 4.26. The van der Waals surface area contributed by atoms with Crippen LogP contribution in [0, 0.1) is 5.82 Å². The third-order valence-electron chi connectivity index (χ3n) is 5.11. The summed E-state index contributed by atoms with van der Waals surface area (Å²) in [5.74, 6) is -1.29. The summed E-state index contributed by atoms with van der Waals surface area (Å²) < 4.78 is 21.0. The van der Waals surface area contributed by atoms with Crippen molar-refractivity contribution in [1.82, 2.24) is 14.7 Å². The van der Waals surface area contributed by atoms with Gasteiger partial charge in [0, 0.05) is 26.1 Å². The maximum Gasteiger partial charge on any atom is 0.274 e. The second-order valence-corrected chi connectivity index (χ2v) is 7.46. The summed E-state index contributed by atoms with van der Waals surface area (Å²) in [7, 11) is 0. The first kappa shape index (κ1) is 21.3. The number of oxime groups is 1. The number of nitrogens with zero attached hydrogens (tertiary/aromatic N) is 4. The molecule has 0 unspecified atom stereocenters. The van der Waals surface area contributed by atoms with Gasteiger partial charge in [-0.05, 0) is 19.1 Å². The van der Waals surface area contributed by atoms with Crippen LogP contribution in [0.2, 0.25) is 5.02 Å². The SMILES string of the molecule is CCn1ncc(NC(=O)[C@@H]2CC(c3c(F)cccc3Cl)=NO2)c1C(=O)N1CCOCC1. The van der Waals surface area contributed by atoms with Gasteiger partial charge in [-0.15, -0.1) is 0 Å². The van der Waals surface area contributed by atoms with Gasteiger partial charge in [0.25, 0.3) is 11.8 Å². The molecule has 2 aromatic rings. The zero-order chi connectivity index (χ0) is 22.0. The number of halogens is 2. The number of carbonyl (C=O) groups is 2. The van der Waals surface area contributed by atoms with E-state index in [0.29, 0.717) is 32.8 Å². The number of hydrogen-bond donors (Lipinski definition) is 1. The van der Waals surface area contributed by atoms with Crippen LogP contribution in [0.3, 0.4) is 0 Å². The Morgan fingerprint density at radius 1 is 1.32 bits per heavy atom. The number of rotatable bonds is 5. The van der Waals surface area contributed by atoms with Gasteiger partial charge in [-0.2, -0.15) is 5.10 Å². The van der Waals surface area contributed by atoms with Gasteiger partial charge in [-0.25, -0.2) is 4.39 Å². The standard InChI is InChI=1S/C20H21ClFN5O4/c1-2-27-18(20(29)26-6-8-30-9-7-26)15(11-23-27)24-19(28)16-10-14(25-31-16)17-12(21)4-3-5-13(17)22/h3-5,11,16H,2,6-10H2,1H3,(H,24,28)/t16-/m0/s1. The molecule has 1 aromatic carbocycles. The summed E-state index contributed by atoms with van der Waals surface area (Å²) >= 11 is 6.08. The molecule has 0 spiro atoms. The lowest BCUT2D eigenvalue weighted by molar-refractivity contribution is -0.125. The predicted octanol–water partition coefficient (Wildman–Crippen LogP) is 2.30. The molecule has 1 saturated heterocycles. The zero-order valence-electron chi connectivity index (χ0n) is 16.8. The van der Waals surface area contributed by atoms with E-state index in [0.717, 1.165) is 0 Å². The lowest BCUT2D eigenvalue weighted by atomic mass is 10.0. The molecule has 0 bridgehead atoms. The van der Waals surface area contributed by atoms with E-state index in [-0.39, 0.29) is 40.0 Å². The Labute approximate surface area is 182 Å². The first-order valence-corrected chi connectivity index (χ1v) is 10.3. The predicted molar refractivity (Wildman–Crippen MR) is 111 cm³/mol. The van der Waals surface area contributed by atoms with Crippen molar-refractivity contribution in [2.24, 2.45) is 5.16 Å². The van der Waals surface area contributed by atoms with Crippen LogP contribution in [-0.4, -0.2) is 64.6 Å². The summed E-state index contributed by atoms with van der Waals surface area (Å²) in [5, 5.41) is 10.9. The van der Waals surface area contributed by atoms with Crippen molar-refractivity contribution in [1.29, 1.82) is 0 Å². The number of ether oxygens (including phenoxy) is 1. The molecule has 1 fully saturated rings. The second kappa shape index (κ2) is 9.03. The van der Waals surface area contributed by atoms with Gasteiger partial charge in [-0.1, -0.05) is 22.8 Å². The van der Waals surface area contributed by atoms with Crippen LogP contribution >= 0.6 is 11.6 Å². The van der Waals surface area contributed by atoms with Crippen molar-refractivity contribution in [3.8, 4) is 0 Å². The van der Waals surface area contributed by atoms with E-state index in [1.807, 2.05) is 6.92 Å². The Morgan fingerprint density at radius 3 is 2.81 bits per heavy atom. The van der Waals surface area contributed by atoms with E-state index in [9.17, 15) is 14.0 Å². The number of hydrogen-bond acceptors (Lipinski definition) is 6. The minimum absolute atomic E-state index is 0.0428. The molecule has 164 valence electrons. The second-order valence-electron chi connectivity index (χ2n) is 7.05. The van der Waals surface area contributed by atoms with Gasteiger partial charge in [0.15, 0.2) is 0 Å². The highest BCUT2D eigenvalue weighted by molar-refractivity contribution is 6.34. The molecule has 1 N–H and O–H groups in total. The fourth-order valence-corrected chi connectivity index (χ4v) is 3.78. The van der Waals surface area contributed by atoms with Crippen LogP contribution in [-0.2, 0) is 20.9 Å². The van der Waals surface area contributed by atoms with Crippen molar-refractivity contribution in [3.05, 3.63) is 46.5 Å². The maximum absolute atomic E-state index is 14.2. The van der Waals surface area contributed by atoms with Crippen molar-refractivity contribution < 1.29 is 23.6 Å². The molecular formula is C20H21ClFN5O4. The third-order valence-corrected chi connectivity index (χ3v) is 5.43. The minimum Gasteiger partial charge on any atom is -0.382 e.